The van der Waals surface area contributed by atoms with Gasteiger partial charge in [-0.3, -0.25) is 0 Å². The molecule has 0 atom stereocenters. The van der Waals surface area contributed by atoms with Crippen LogP contribution < -0.4 is 15.4 Å². The first-order valence-electron chi connectivity index (χ1n) is 8.37. The summed E-state index contributed by atoms with van der Waals surface area (Å²) >= 11 is 0. The van der Waals surface area contributed by atoms with E-state index in [-0.39, 0.29) is 0 Å². The maximum absolute atomic E-state index is 5.27. The summed E-state index contributed by atoms with van der Waals surface area (Å²) in [5.41, 5.74) is 2.72. The molecule has 6 heteroatoms. The van der Waals surface area contributed by atoms with Gasteiger partial charge in [-0.15, -0.1) is 0 Å². The van der Waals surface area contributed by atoms with Crippen molar-refractivity contribution in [2.75, 3.05) is 38.0 Å². The van der Waals surface area contributed by atoms with E-state index in [0.29, 0.717) is 19.1 Å². The fourth-order valence-electron chi connectivity index (χ4n) is 2.46. The van der Waals surface area contributed by atoms with Gasteiger partial charge >= 0.3 is 0 Å². The number of benzene rings is 2. The summed E-state index contributed by atoms with van der Waals surface area (Å²) in [7, 11) is 3.32. The lowest BCUT2D eigenvalue weighted by molar-refractivity contribution is 0.210. The van der Waals surface area contributed by atoms with Crippen LogP contribution in [-0.4, -0.2) is 37.3 Å². The van der Waals surface area contributed by atoms with E-state index in [2.05, 4.69) is 20.6 Å². The topological polar surface area (TPSA) is 68.3 Å². The Hall–Kier alpha value is -3.12. The monoisotopic (exact) mass is 350 g/mol. The van der Waals surface area contributed by atoms with Crippen LogP contribution in [0.2, 0.25) is 0 Å². The van der Waals surface area contributed by atoms with Gasteiger partial charge in [-0.2, -0.15) is 4.98 Å². The van der Waals surface area contributed by atoms with E-state index < -0.39 is 0 Å². The van der Waals surface area contributed by atoms with Crippen molar-refractivity contribution in [2.45, 2.75) is 0 Å². The highest BCUT2D eigenvalue weighted by Gasteiger charge is 2.07. The molecule has 0 unspecified atom stereocenters. The molecule has 0 aliphatic heterocycles. The first-order chi connectivity index (χ1) is 12.8. The molecule has 1 aromatic heterocycles. The lowest BCUT2D eigenvalue weighted by atomic mass is 10.1. The Balaban J connectivity index is 1.90. The quantitative estimate of drug-likeness (QED) is 0.600. The molecule has 0 saturated heterocycles. The van der Waals surface area contributed by atoms with Crippen LogP contribution in [0.5, 0.6) is 5.75 Å². The second kappa shape index (κ2) is 8.82. The number of anilines is 3. The highest BCUT2D eigenvalue weighted by atomic mass is 16.5. The van der Waals surface area contributed by atoms with Crippen molar-refractivity contribution >= 4 is 17.5 Å². The highest BCUT2D eigenvalue weighted by molar-refractivity contribution is 5.66. The SMILES string of the molecule is COCCNc1cc(-c2ccccc2)nc(Nc2cccc(OC)c2)n1. The molecule has 0 amide bonds. The third-order valence-electron chi connectivity index (χ3n) is 3.73. The zero-order chi connectivity index (χ0) is 18.2. The van der Waals surface area contributed by atoms with E-state index in [9.17, 15) is 0 Å². The number of nitrogens with zero attached hydrogens (tertiary/aromatic N) is 2. The average molecular weight is 350 g/mol. The Morgan fingerprint density at radius 2 is 1.77 bits per heavy atom. The van der Waals surface area contributed by atoms with E-state index in [1.807, 2.05) is 60.7 Å². The van der Waals surface area contributed by atoms with Gasteiger partial charge in [0, 0.05) is 37.0 Å². The van der Waals surface area contributed by atoms with Gasteiger partial charge < -0.3 is 20.1 Å². The molecule has 2 aromatic carbocycles. The van der Waals surface area contributed by atoms with Crippen LogP contribution in [0.25, 0.3) is 11.3 Å². The third kappa shape index (κ3) is 4.70. The summed E-state index contributed by atoms with van der Waals surface area (Å²) in [5, 5.41) is 6.51. The summed E-state index contributed by atoms with van der Waals surface area (Å²) < 4.78 is 10.4. The predicted octanol–water partition coefficient (Wildman–Crippen LogP) is 3.95. The van der Waals surface area contributed by atoms with Crippen molar-refractivity contribution in [1.82, 2.24) is 9.97 Å². The van der Waals surface area contributed by atoms with E-state index in [1.165, 1.54) is 0 Å². The van der Waals surface area contributed by atoms with Crippen molar-refractivity contribution in [3.63, 3.8) is 0 Å². The van der Waals surface area contributed by atoms with Crippen molar-refractivity contribution in [3.05, 3.63) is 60.7 Å². The molecule has 3 rings (SSSR count). The third-order valence-corrected chi connectivity index (χ3v) is 3.73. The second-order valence-corrected chi connectivity index (χ2v) is 5.60. The predicted molar refractivity (Wildman–Crippen MR) is 104 cm³/mol. The summed E-state index contributed by atoms with van der Waals surface area (Å²) in [6.07, 6.45) is 0. The van der Waals surface area contributed by atoms with Gasteiger partial charge in [0.2, 0.25) is 5.95 Å². The normalized spacial score (nSPS) is 10.4. The second-order valence-electron chi connectivity index (χ2n) is 5.60. The molecule has 26 heavy (non-hydrogen) atoms. The van der Waals surface area contributed by atoms with Crippen LogP contribution >= 0.6 is 0 Å². The van der Waals surface area contributed by atoms with Gasteiger partial charge in [0.15, 0.2) is 0 Å². The van der Waals surface area contributed by atoms with Crippen LogP contribution in [0.1, 0.15) is 0 Å². The van der Waals surface area contributed by atoms with Crippen LogP contribution in [0.15, 0.2) is 60.7 Å². The van der Waals surface area contributed by atoms with Crippen LogP contribution in [0, 0.1) is 0 Å². The number of nitrogens with one attached hydrogen (secondary N) is 2. The molecule has 6 nitrogen and oxygen atoms in total. The average Bonchev–Trinajstić information content (AvgIpc) is 2.69. The van der Waals surface area contributed by atoms with Gasteiger partial charge in [0.05, 0.1) is 19.4 Å². The summed E-state index contributed by atoms with van der Waals surface area (Å²) in [6, 6.07) is 19.6. The molecule has 0 aliphatic rings. The van der Waals surface area contributed by atoms with E-state index in [1.54, 1.807) is 14.2 Å². The molecule has 2 N–H and O–H groups in total. The maximum atomic E-state index is 5.27. The Kier molecular flexibility index (Phi) is 6.01. The molecule has 0 fully saturated rings. The lowest BCUT2D eigenvalue weighted by Gasteiger charge is -2.12. The van der Waals surface area contributed by atoms with Crippen molar-refractivity contribution < 1.29 is 9.47 Å². The molecular weight excluding hydrogens is 328 g/mol. The minimum Gasteiger partial charge on any atom is -0.497 e. The zero-order valence-electron chi connectivity index (χ0n) is 14.9. The van der Waals surface area contributed by atoms with Gasteiger partial charge in [0.25, 0.3) is 0 Å². The number of rotatable bonds is 8. The molecular formula is C20H22N4O2. The van der Waals surface area contributed by atoms with Crippen LogP contribution in [0.3, 0.4) is 0 Å². The number of methoxy groups -OCH3 is 2. The van der Waals surface area contributed by atoms with E-state index in [4.69, 9.17) is 9.47 Å². The van der Waals surface area contributed by atoms with Crippen LogP contribution in [0.4, 0.5) is 17.5 Å². The van der Waals surface area contributed by atoms with E-state index >= 15 is 0 Å². The molecule has 0 radical (unpaired) electrons. The van der Waals surface area contributed by atoms with Crippen LogP contribution in [-0.2, 0) is 4.74 Å². The molecule has 134 valence electrons. The number of hydrogen-bond donors (Lipinski definition) is 2. The first kappa shape index (κ1) is 17.7. The number of hydrogen-bond acceptors (Lipinski definition) is 6. The van der Waals surface area contributed by atoms with E-state index in [0.717, 1.165) is 28.5 Å². The number of aromatic nitrogens is 2. The largest absolute Gasteiger partial charge is 0.497 e. The summed E-state index contributed by atoms with van der Waals surface area (Å²) in [4.78, 5) is 9.20. The van der Waals surface area contributed by atoms with Gasteiger partial charge in [-0.25, -0.2) is 4.98 Å². The lowest BCUT2D eigenvalue weighted by Crippen LogP contribution is -2.10. The Morgan fingerprint density at radius 1 is 0.923 bits per heavy atom. The minimum absolute atomic E-state index is 0.513. The van der Waals surface area contributed by atoms with Gasteiger partial charge in [0.1, 0.15) is 11.6 Å². The Morgan fingerprint density at radius 3 is 2.54 bits per heavy atom. The summed E-state index contributed by atoms with van der Waals surface area (Å²) in [6.45, 7) is 1.27. The van der Waals surface area contributed by atoms with Crippen molar-refractivity contribution in [3.8, 4) is 17.0 Å². The van der Waals surface area contributed by atoms with Gasteiger partial charge in [-0.1, -0.05) is 36.4 Å². The Bertz CT molecular complexity index is 840. The smallest absolute Gasteiger partial charge is 0.229 e. The maximum Gasteiger partial charge on any atom is 0.229 e. The van der Waals surface area contributed by atoms with Crippen molar-refractivity contribution in [2.24, 2.45) is 0 Å². The first-order valence-corrected chi connectivity index (χ1v) is 8.37. The fourth-order valence-corrected chi connectivity index (χ4v) is 2.46. The standard InChI is InChI=1S/C20H22N4O2/c1-25-12-11-21-19-14-18(15-7-4-3-5-8-15)23-20(24-19)22-16-9-6-10-17(13-16)26-2/h3-10,13-14H,11-12H2,1-2H3,(H2,21,22,23,24). The molecule has 0 spiro atoms. The minimum atomic E-state index is 0.513. The zero-order valence-corrected chi connectivity index (χ0v) is 14.9. The highest BCUT2D eigenvalue weighted by Crippen LogP contribution is 2.24. The summed E-state index contributed by atoms with van der Waals surface area (Å²) in [5.74, 6) is 2.02. The van der Waals surface area contributed by atoms with Gasteiger partial charge in [-0.05, 0) is 12.1 Å². The molecule has 0 aliphatic carbocycles. The fraction of sp³-hybridized carbons (Fsp3) is 0.200. The number of ether oxygens (including phenoxy) is 2. The molecule has 3 aromatic rings. The van der Waals surface area contributed by atoms with Crippen molar-refractivity contribution in [1.29, 1.82) is 0 Å². The molecule has 0 saturated carbocycles. The Labute approximate surface area is 153 Å². The molecule has 0 bridgehead atoms. The molecule has 1 heterocycles.